The summed E-state index contributed by atoms with van der Waals surface area (Å²) in [5, 5.41) is 9.93. The molecule has 13 atom stereocenters. The van der Waals surface area contributed by atoms with Crippen LogP contribution in [0.4, 0.5) is 0 Å². The maximum absolute atomic E-state index is 12.7. The Balaban J connectivity index is 1.52. The normalized spacial score (nSPS) is 37.9. The minimum atomic E-state index is -5.77. The van der Waals surface area contributed by atoms with Gasteiger partial charge in [-0.2, -0.15) is 8.62 Å². The van der Waals surface area contributed by atoms with Gasteiger partial charge in [-0.05, 0) is 19.3 Å². The van der Waals surface area contributed by atoms with Crippen molar-refractivity contribution in [3.63, 3.8) is 0 Å². The minimum Gasteiger partial charge on any atom is -0.390 e. The van der Waals surface area contributed by atoms with E-state index >= 15 is 0 Å². The molecule has 45 heavy (non-hydrogen) atoms. The highest BCUT2D eigenvalue weighted by molar-refractivity contribution is 7.66. The van der Waals surface area contributed by atoms with Gasteiger partial charge in [0.2, 0.25) is 0 Å². The van der Waals surface area contributed by atoms with Gasteiger partial charge in [-0.1, -0.05) is 0 Å². The first kappa shape index (κ1) is 40.1. The SMILES string of the molecule is B[C@H]1CC(O)[C@@H](COP(=O)(O)OC2C[C@H](B)O[C@@H]2COP(=O)(O)OC2C[C@H](B)O[C@@H]2COP(=O)(O)OP(=O)(O)OP(=O)(O)O)O1. The van der Waals surface area contributed by atoms with E-state index in [-0.39, 0.29) is 18.8 Å². The molecule has 0 aromatic heterocycles. The number of phosphoric ester groups is 3. The lowest BCUT2D eigenvalue weighted by molar-refractivity contribution is -0.0318. The fourth-order valence-corrected chi connectivity index (χ4v) is 9.60. The van der Waals surface area contributed by atoms with E-state index in [0.29, 0.717) is 6.42 Å². The summed E-state index contributed by atoms with van der Waals surface area (Å²) in [7, 11) is -21.7. The number of hydrogen-bond donors (Lipinski definition) is 7. The number of aliphatic hydroxyl groups excluding tert-OH is 1. The first-order chi connectivity index (χ1) is 20.4. The quantitative estimate of drug-likeness (QED) is 0.0573. The molecular weight excluding hydrogens is 719 g/mol. The van der Waals surface area contributed by atoms with Crippen LogP contribution in [0.15, 0.2) is 0 Å². The molecule has 0 aromatic carbocycles. The summed E-state index contributed by atoms with van der Waals surface area (Å²) >= 11 is 0. The van der Waals surface area contributed by atoms with Crippen LogP contribution in [0.5, 0.6) is 0 Å². The number of aliphatic hydroxyl groups is 1. The van der Waals surface area contributed by atoms with Crippen molar-refractivity contribution in [1.29, 1.82) is 0 Å². The molecule has 3 aliphatic rings. The van der Waals surface area contributed by atoms with E-state index < -0.39 is 108 Å². The Morgan fingerprint density at radius 2 is 0.933 bits per heavy atom. The molecule has 3 saturated heterocycles. The van der Waals surface area contributed by atoms with E-state index in [1.54, 1.807) is 15.7 Å². The van der Waals surface area contributed by atoms with Crippen LogP contribution in [-0.4, -0.2) is 132 Å². The van der Waals surface area contributed by atoms with Crippen molar-refractivity contribution < 1.29 is 103 Å². The lowest BCUT2D eigenvalue weighted by atomic mass is 9.96. The molecule has 0 bridgehead atoms. The zero-order valence-electron chi connectivity index (χ0n) is 23.9. The molecule has 22 nitrogen and oxygen atoms in total. The lowest BCUT2D eigenvalue weighted by Crippen LogP contribution is -2.31. The molecule has 0 saturated carbocycles. The van der Waals surface area contributed by atoms with Gasteiger partial charge in [-0.3, -0.25) is 22.6 Å². The molecule has 3 fully saturated rings. The second-order valence-corrected chi connectivity index (χ2v) is 17.7. The van der Waals surface area contributed by atoms with E-state index in [4.69, 9.17) is 42.1 Å². The summed E-state index contributed by atoms with van der Waals surface area (Å²) in [6.45, 7) is -2.04. The van der Waals surface area contributed by atoms with Crippen molar-refractivity contribution >= 4 is 62.7 Å². The summed E-state index contributed by atoms with van der Waals surface area (Å²) in [6.07, 6.45) is -6.34. The highest BCUT2D eigenvalue weighted by Crippen LogP contribution is 2.66. The van der Waals surface area contributed by atoms with Crippen LogP contribution < -0.4 is 0 Å². The lowest BCUT2D eigenvalue weighted by Gasteiger charge is -2.25. The van der Waals surface area contributed by atoms with Crippen LogP contribution in [0.2, 0.25) is 0 Å². The molecule has 260 valence electrons. The second-order valence-electron chi connectivity index (χ2n) is 10.4. The monoisotopic (exact) mass is 754 g/mol. The molecule has 30 heteroatoms. The summed E-state index contributed by atoms with van der Waals surface area (Å²) < 4.78 is 108. The van der Waals surface area contributed by atoms with Gasteiger partial charge >= 0.3 is 39.1 Å². The van der Waals surface area contributed by atoms with Crippen molar-refractivity contribution in [3.8, 4) is 0 Å². The van der Waals surface area contributed by atoms with E-state index in [0.717, 1.165) is 0 Å². The zero-order valence-corrected chi connectivity index (χ0v) is 28.4. The molecule has 0 radical (unpaired) electrons. The average molecular weight is 754 g/mol. The molecule has 0 spiro atoms. The van der Waals surface area contributed by atoms with E-state index in [1.165, 1.54) is 7.85 Å². The Kier molecular flexibility index (Phi) is 14.0. The number of hydrogen-bond acceptors (Lipinski definition) is 16. The third kappa shape index (κ3) is 13.8. The van der Waals surface area contributed by atoms with Gasteiger partial charge in [0.15, 0.2) is 0 Å². The first-order valence-corrected chi connectivity index (χ1v) is 20.7. The number of rotatable bonds is 17. The maximum Gasteiger partial charge on any atom is 0.490 e. The standard InChI is InChI=1S/C15H34B3O22P5/c16-13-1-7(19)10(34-13)4-31-42(23,24)37-8-2-14(17)35-11(8)5-32-43(25,26)38-9-3-15(18)36-12(9)6-33-44(27,28)40-45(29,30)39-41(20,21)22/h7-15,19H,1-6,16-18H2,(H,23,24)(H,25,26)(H,27,28)(H,29,30)(H2,20,21,22)/t7?,8?,9?,10-,11-,12-,13-,14-,15-/m1/s1. The summed E-state index contributed by atoms with van der Waals surface area (Å²) in [6, 6.07) is -1.45. The van der Waals surface area contributed by atoms with Crippen LogP contribution in [0.25, 0.3) is 0 Å². The molecule has 3 rings (SSSR count). The van der Waals surface area contributed by atoms with Crippen LogP contribution >= 0.6 is 39.1 Å². The number of phosphoric acid groups is 5. The van der Waals surface area contributed by atoms with Crippen LogP contribution in [-0.2, 0) is 68.3 Å². The first-order valence-electron chi connectivity index (χ1n) is 13.2. The van der Waals surface area contributed by atoms with Gasteiger partial charge in [-0.25, -0.2) is 22.8 Å². The second kappa shape index (κ2) is 15.7. The van der Waals surface area contributed by atoms with Gasteiger partial charge in [0, 0.05) is 18.0 Å². The Hall–Kier alpha value is 0.665. The van der Waals surface area contributed by atoms with Crippen molar-refractivity contribution in [2.75, 3.05) is 19.8 Å². The average Bonchev–Trinajstić information content (AvgIpc) is 3.47. The Morgan fingerprint density at radius 3 is 1.33 bits per heavy atom. The fraction of sp³-hybridized carbons (Fsp3) is 1.00. The molecule has 7 N–H and O–H groups in total. The Labute approximate surface area is 259 Å². The van der Waals surface area contributed by atoms with E-state index in [1.807, 2.05) is 0 Å². The highest BCUT2D eigenvalue weighted by atomic mass is 31.3. The smallest absolute Gasteiger partial charge is 0.390 e. The maximum atomic E-state index is 12.7. The number of ether oxygens (including phenoxy) is 3. The predicted octanol–water partition coefficient (Wildman–Crippen LogP) is -3.06. The Bertz CT molecular complexity index is 1250. The Morgan fingerprint density at radius 1 is 0.556 bits per heavy atom. The molecular formula is C15H34B3O22P5. The topological polar surface area (TPSA) is 319 Å². The van der Waals surface area contributed by atoms with Gasteiger partial charge in [0.25, 0.3) is 0 Å². The zero-order chi connectivity index (χ0) is 34.0. The van der Waals surface area contributed by atoms with Crippen molar-refractivity contribution in [2.24, 2.45) is 0 Å². The third-order valence-electron chi connectivity index (χ3n) is 6.34. The van der Waals surface area contributed by atoms with E-state index in [2.05, 4.69) is 13.1 Å². The summed E-state index contributed by atoms with van der Waals surface area (Å²) in [4.78, 5) is 56.6. The van der Waals surface area contributed by atoms with Crippen molar-refractivity contribution in [1.82, 2.24) is 0 Å². The molecule has 0 aliphatic carbocycles. The van der Waals surface area contributed by atoms with Gasteiger partial charge in [-0.15, -0.1) is 0 Å². The van der Waals surface area contributed by atoms with Crippen molar-refractivity contribution in [2.45, 2.75) is 73.9 Å². The van der Waals surface area contributed by atoms with Gasteiger partial charge < -0.3 is 48.7 Å². The summed E-state index contributed by atoms with van der Waals surface area (Å²) in [5.74, 6) is 0. The fourth-order valence-electron chi connectivity index (χ4n) is 4.65. The minimum absolute atomic E-state index is 0.0652. The van der Waals surface area contributed by atoms with Crippen LogP contribution in [0.3, 0.4) is 0 Å². The van der Waals surface area contributed by atoms with Crippen molar-refractivity contribution in [3.05, 3.63) is 0 Å². The highest BCUT2D eigenvalue weighted by Gasteiger charge is 2.46. The molecule has 3 heterocycles. The van der Waals surface area contributed by atoms with Crippen LogP contribution in [0.1, 0.15) is 19.3 Å². The van der Waals surface area contributed by atoms with Gasteiger partial charge in [0.1, 0.15) is 41.9 Å². The summed E-state index contributed by atoms with van der Waals surface area (Å²) in [5.41, 5.74) is 0. The van der Waals surface area contributed by atoms with E-state index in [9.17, 15) is 47.5 Å². The molecule has 0 aromatic rings. The third-order valence-corrected chi connectivity index (χ3v) is 12.2. The predicted molar refractivity (Wildman–Crippen MR) is 153 cm³/mol. The van der Waals surface area contributed by atoms with Gasteiger partial charge in [0.05, 0.1) is 38.1 Å². The molecule has 7 unspecified atom stereocenters. The van der Waals surface area contributed by atoms with Crippen LogP contribution in [0, 0.1) is 0 Å². The largest absolute Gasteiger partial charge is 0.490 e. The molecule has 3 aliphatic heterocycles. The molecule has 0 amide bonds.